The monoisotopic (exact) mass is 285 g/mol. The van der Waals surface area contributed by atoms with Gasteiger partial charge in [-0.25, -0.2) is 0 Å². The van der Waals surface area contributed by atoms with Gasteiger partial charge in [0.15, 0.2) is 0 Å². The summed E-state index contributed by atoms with van der Waals surface area (Å²) in [5.41, 5.74) is 2.42. The normalized spacial score (nSPS) is 13.2. The van der Waals surface area contributed by atoms with Crippen LogP contribution in [-0.4, -0.2) is 21.7 Å². The van der Waals surface area contributed by atoms with Crippen molar-refractivity contribution in [3.8, 4) is 0 Å². The predicted molar refractivity (Wildman–Crippen MR) is 82.7 cm³/mol. The van der Waals surface area contributed by atoms with E-state index < -0.39 is 0 Å². The van der Waals surface area contributed by atoms with Gasteiger partial charge in [-0.2, -0.15) is 5.10 Å². The molecule has 1 atom stereocenters. The van der Waals surface area contributed by atoms with Crippen molar-refractivity contribution in [2.75, 3.05) is 6.54 Å². The second kappa shape index (κ2) is 8.60. The Morgan fingerprint density at radius 3 is 2.47 bits per heavy atom. The molecule has 1 rings (SSSR count). The number of nitrogens with zero attached hydrogens (tertiary/aromatic N) is 2. The fourth-order valence-corrected chi connectivity index (χ4v) is 2.87. The average Bonchev–Trinajstić information content (AvgIpc) is 2.82. The van der Waals surface area contributed by atoms with E-state index >= 15 is 0 Å². The Morgan fingerprint density at radius 1 is 1.26 bits per heavy atom. The number of halogens is 1. The minimum atomic E-state index is 0.221. The van der Waals surface area contributed by atoms with Gasteiger partial charge >= 0.3 is 0 Å². The van der Waals surface area contributed by atoms with Crippen LogP contribution in [0.2, 0.25) is 0 Å². The first kappa shape index (κ1) is 16.5. The van der Waals surface area contributed by atoms with E-state index in [2.05, 4.69) is 48.9 Å². The Bertz CT molecular complexity index is 358. The highest BCUT2D eigenvalue weighted by molar-refractivity contribution is 6.21. The molecule has 0 aliphatic rings. The maximum atomic E-state index is 6.43. The molecule has 0 aliphatic carbocycles. The maximum absolute atomic E-state index is 6.43. The van der Waals surface area contributed by atoms with Gasteiger partial charge in [0.25, 0.3) is 0 Å². The molecule has 110 valence electrons. The highest BCUT2D eigenvalue weighted by Gasteiger charge is 2.15. The van der Waals surface area contributed by atoms with Crippen LogP contribution in [0.4, 0.5) is 0 Å². The van der Waals surface area contributed by atoms with Crippen molar-refractivity contribution in [3.63, 3.8) is 0 Å². The lowest BCUT2D eigenvalue weighted by Crippen LogP contribution is -2.29. The lowest BCUT2D eigenvalue weighted by atomic mass is 9.99. The van der Waals surface area contributed by atoms with Crippen LogP contribution in [0.15, 0.2) is 6.07 Å². The van der Waals surface area contributed by atoms with Gasteiger partial charge in [-0.3, -0.25) is 4.68 Å². The summed E-state index contributed by atoms with van der Waals surface area (Å²) in [6, 6.07) is 2.19. The van der Waals surface area contributed by atoms with Crippen molar-refractivity contribution in [1.82, 2.24) is 15.1 Å². The molecule has 0 bridgehead atoms. The van der Waals surface area contributed by atoms with Crippen LogP contribution >= 0.6 is 11.6 Å². The van der Waals surface area contributed by atoms with Crippen LogP contribution in [0.1, 0.15) is 51.9 Å². The van der Waals surface area contributed by atoms with Gasteiger partial charge in [-0.05, 0) is 25.3 Å². The second-order valence-electron chi connectivity index (χ2n) is 5.02. The van der Waals surface area contributed by atoms with Gasteiger partial charge in [0, 0.05) is 25.0 Å². The molecule has 4 heteroatoms. The number of aryl methyl sites for hydroxylation is 2. The molecule has 1 unspecified atom stereocenters. The molecule has 0 amide bonds. The van der Waals surface area contributed by atoms with Gasteiger partial charge in [-0.1, -0.05) is 33.6 Å². The standard InChI is InChI=1S/C15H28ClN3/c1-5-12(6-2)15(16)11-17-10-14-9-13(7-3)18-19(14)8-4/h9,12,15,17H,5-8,10-11H2,1-4H3. The van der Waals surface area contributed by atoms with E-state index in [0.717, 1.165) is 38.9 Å². The largest absolute Gasteiger partial charge is 0.310 e. The number of hydrogen-bond donors (Lipinski definition) is 1. The molecule has 0 aliphatic heterocycles. The van der Waals surface area contributed by atoms with E-state index in [4.69, 9.17) is 11.6 Å². The predicted octanol–water partition coefficient (Wildman–Crippen LogP) is 3.60. The third kappa shape index (κ3) is 4.81. The zero-order valence-electron chi connectivity index (χ0n) is 12.7. The number of hydrogen-bond acceptors (Lipinski definition) is 2. The van der Waals surface area contributed by atoms with E-state index in [1.165, 1.54) is 11.4 Å². The van der Waals surface area contributed by atoms with E-state index in [0.29, 0.717) is 5.92 Å². The number of aromatic nitrogens is 2. The highest BCUT2D eigenvalue weighted by atomic mass is 35.5. The number of nitrogens with one attached hydrogen (secondary N) is 1. The quantitative estimate of drug-likeness (QED) is 0.703. The first-order valence-electron chi connectivity index (χ1n) is 7.56. The van der Waals surface area contributed by atoms with E-state index in [-0.39, 0.29) is 5.38 Å². The van der Waals surface area contributed by atoms with Gasteiger partial charge in [0.05, 0.1) is 11.4 Å². The highest BCUT2D eigenvalue weighted by Crippen LogP contribution is 2.17. The zero-order valence-corrected chi connectivity index (χ0v) is 13.5. The van der Waals surface area contributed by atoms with Crippen molar-refractivity contribution < 1.29 is 0 Å². The summed E-state index contributed by atoms with van der Waals surface area (Å²) in [4.78, 5) is 0. The molecule has 19 heavy (non-hydrogen) atoms. The molecular formula is C15H28ClN3. The molecule has 3 nitrogen and oxygen atoms in total. The van der Waals surface area contributed by atoms with Crippen molar-refractivity contribution in [2.45, 2.75) is 65.4 Å². The molecule has 0 saturated heterocycles. The topological polar surface area (TPSA) is 29.9 Å². The smallest absolute Gasteiger partial charge is 0.0625 e. The summed E-state index contributed by atoms with van der Waals surface area (Å²) in [6.45, 7) is 11.3. The van der Waals surface area contributed by atoms with Gasteiger partial charge in [0.1, 0.15) is 0 Å². The van der Waals surface area contributed by atoms with E-state index in [1.54, 1.807) is 0 Å². The summed E-state index contributed by atoms with van der Waals surface area (Å²) in [5.74, 6) is 0.608. The van der Waals surface area contributed by atoms with Gasteiger partial charge < -0.3 is 5.32 Å². The summed E-state index contributed by atoms with van der Waals surface area (Å²) in [5, 5.41) is 8.25. The van der Waals surface area contributed by atoms with Crippen LogP contribution in [0.3, 0.4) is 0 Å². The van der Waals surface area contributed by atoms with Crippen molar-refractivity contribution in [1.29, 1.82) is 0 Å². The second-order valence-corrected chi connectivity index (χ2v) is 5.58. The van der Waals surface area contributed by atoms with E-state index in [1.807, 2.05) is 0 Å². The Kier molecular flexibility index (Phi) is 7.47. The summed E-state index contributed by atoms with van der Waals surface area (Å²) in [7, 11) is 0. The van der Waals surface area contributed by atoms with Crippen molar-refractivity contribution in [2.24, 2.45) is 5.92 Å². The van der Waals surface area contributed by atoms with Gasteiger partial charge in [-0.15, -0.1) is 11.6 Å². The molecule has 0 radical (unpaired) electrons. The molecule has 0 spiro atoms. The molecule has 1 aromatic rings. The molecule has 1 aromatic heterocycles. The molecule has 0 aromatic carbocycles. The fourth-order valence-electron chi connectivity index (χ4n) is 2.41. The third-order valence-electron chi connectivity index (χ3n) is 3.78. The molecule has 0 saturated carbocycles. The first-order chi connectivity index (χ1) is 9.15. The minimum absolute atomic E-state index is 0.221. The van der Waals surface area contributed by atoms with E-state index in [9.17, 15) is 0 Å². The lowest BCUT2D eigenvalue weighted by molar-refractivity contribution is 0.442. The Balaban J connectivity index is 2.46. The Morgan fingerprint density at radius 2 is 1.95 bits per heavy atom. The number of alkyl halides is 1. The summed E-state index contributed by atoms with van der Waals surface area (Å²) >= 11 is 6.43. The SMILES string of the molecule is CCc1cc(CNCC(Cl)C(CC)CC)n(CC)n1. The lowest BCUT2D eigenvalue weighted by Gasteiger charge is -2.19. The van der Waals surface area contributed by atoms with Crippen LogP contribution in [0.25, 0.3) is 0 Å². The van der Waals surface area contributed by atoms with Crippen molar-refractivity contribution in [3.05, 3.63) is 17.5 Å². The molecule has 1 N–H and O–H groups in total. The third-order valence-corrected chi connectivity index (χ3v) is 4.29. The first-order valence-corrected chi connectivity index (χ1v) is 8.00. The van der Waals surface area contributed by atoms with Crippen LogP contribution in [0.5, 0.6) is 0 Å². The van der Waals surface area contributed by atoms with Crippen LogP contribution in [0, 0.1) is 5.92 Å². The van der Waals surface area contributed by atoms with Crippen LogP contribution in [-0.2, 0) is 19.5 Å². The minimum Gasteiger partial charge on any atom is -0.310 e. The summed E-state index contributed by atoms with van der Waals surface area (Å²) < 4.78 is 2.08. The Hall–Kier alpha value is -0.540. The Labute approximate surface area is 122 Å². The molecule has 1 heterocycles. The number of rotatable bonds is 9. The molecule has 0 fully saturated rings. The molecular weight excluding hydrogens is 258 g/mol. The fraction of sp³-hybridized carbons (Fsp3) is 0.800. The summed E-state index contributed by atoms with van der Waals surface area (Å²) in [6.07, 6.45) is 3.30. The average molecular weight is 286 g/mol. The van der Waals surface area contributed by atoms with Crippen molar-refractivity contribution >= 4 is 11.6 Å². The maximum Gasteiger partial charge on any atom is 0.0625 e. The van der Waals surface area contributed by atoms with Gasteiger partial charge in [0.2, 0.25) is 0 Å². The zero-order chi connectivity index (χ0) is 14.3. The van der Waals surface area contributed by atoms with Crippen LogP contribution < -0.4 is 5.32 Å².